The van der Waals surface area contributed by atoms with Gasteiger partial charge in [-0.2, -0.15) is 0 Å². The van der Waals surface area contributed by atoms with E-state index >= 15 is 0 Å². The van der Waals surface area contributed by atoms with E-state index < -0.39 is 18.0 Å². The molecule has 2 atom stereocenters. The first-order valence-corrected chi connectivity index (χ1v) is 6.48. The molecule has 0 saturated carbocycles. The molecule has 0 aliphatic heterocycles. The van der Waals surface area contributed by atoms with E-state index in [-0.39, 0.29) is 24.9 Å². The van der Waals surface area contributed by atoms with Crippen LogP contribution in [0.2, 0.25) is 0 Å². The summed E-state index contributed by atoms with van der Waals surface area (Å²) in [4.78, 5) is 36.1. The molecule has 7 heteroatoms. The third kappa shape index (κ3) is 6.51. The van der Waals surface area contributed by atoms with Crippen molar-refractivity contribution in [2.45, 2.75) is 26.3 Å². The van der Waals surface area contributed by atoms with Crippen LogP contribution in [0.15, 0.2) is 0 Å². The topological polar surface area (TPSA) is 84.9 Å². The Morgan fingerprint density at radius 2 is 1.75 bits per heavy atom. The molecule has 0 saturated heterocycles. The molecule has 0 aliphatic carbocycles. The molecule has 0 rings (SSSR count). The normalized spacial score (nSPS) is 13.5. The van der Waals surface area contributed by atoms with Gasteiger partial charge in [-0.25, -0.2) is 4.79 Å². The Hall–Kier alpha value is -1.63. The zero-order chi connectivity index (χ0) is 15.7. The Labute approximate surface area is 119 Å². The van der Waals surface area contributed by atoms with Crippen LogP contribution in [0.4, 0.5) is 0 Å². The van der Waals surface area contributed by atoms with E-state index in [0.717, 1.165) is 6.42 Å². The van der Waals surface area contributed by atoms with Gasteiger partial charge < -0.3 is 14.8 Å². The van der Waals surface area contributed by atoms with Gasteiger partial charge in [0.2, 0.25) is 5.91 Å². The van der Waals surface area contributed by atoms with Crippen molar-refractivity contribution in [3.8, 4) is 0 Å². The van der Waals surface area contributed by atoms with Crippen LogP contribution in [0.1, 0.15) is 20.3 Å². The van der Waals surface area contributed by atoms with E-state index in [1.54, 1.807) is 7.05 Å². The first-order valence-electron chi connectivity index (χ1n) is 6.48. The maximum atomic E-state index is 11.9. The van der Waals surface area contributed by atoms with Gasteiger partial charge in [-0.15, -0.1) is 0 Å². The second-order valence-corrected chi connectivity index (χ2v) is 4.70. The molecule has 0 aromatic rings. The first-order chi connectivity index (χ1) is 9.35. The molecule has 0 radical (unpaired) electrons. The van der Waals surface area contributed by atoms with Crippen LogP contribution in [0.3, 0.4) is 0 Å². The lowest BCUT2D eigenvalue weighted by Gasteiger charge is -2.23. The molecular weight excluding hydrogens is 264 g/mol. The zero-order valence-corrected chi connectivity index (χ0v) is 12.8. The minimum absolute atomic E-state index is 0.000964. The summed E-state index contributed by atoms with van der Waals surface area (Å²) < 4.78 is 9.19. The van der Waals surface area contributed by atoms with Crippen LogP contribution in [-0.2, 0) is 23.9 Å². The Kier molecular flexibility index (Phi) is 8.54. The summed E-state index contributed by atoms with van der Waals surface area (Å²) >= 11 is 0. The van der Waals surface area contributed by atoms with Crippen LogP contribution in [0.25, 0.3) is 0 Å². The van der Waals surface area contributed by atoms with E-state index in [1.165, 1.54) is 19.1 Å². The maximum Gasteiger partial charge on any atom is 0.328 e. The van der Waals surface area contributed by atoms with Gasteiger partial charge in [0.05, 0.1) is 27.3 Å². The minimum atomic E-state index is -0.677. The van der Waals surface area contributed by atoms with E-state index in [2.05, 4.69) is 14.8 Å². The standard InChI is InChI=1S/C13H24N2O5/c1-6-9(2)12(13(18)20-5)14-10(16)7-15(3)8-11(17)19-4/h9,12H,6-8H2,1-5H3,(H,14,16). The van der Waals surface area contributed by atoms with Crippen LogP contribution in [-0.4, -0.2) is 63.1 Å². The Bertz CT molecular complexity index is 346. The fraction of sp³-hybridized carbons (Fsp3) is 0.769. The minimum Gasteiger partial charge on any atom is -0.468 e. The zero-order valence-electron chi connectivity index (χ0n) is 12.8. The van der Waals surface area contributed by atoms with Crippen molar-refractivity contribution < 1.29 is 23.9 Å². The van der Waals surface area contributed by atoms with Crippen LogP contribution >= 0.6 is 0 Å². The number of amides is 1. The molecule has 0 bridgehead atoms. The third-order valence-corrected chi connectivity index (χ3v) is 3.02. The summed E-state index contributed by atoms with van der Waals surface area (Å²) in [6.07, 6.45) is 0.734. The summed E-state index contributed by atoms with van der Waals surface area (Å²) in [5, 5.41) is 2.63. The number of carbonyl (C=O) groups is 3. The van der Waals surface area contributed by atoms with Crippen molar-refractivity contribution in [3.05, 3.63) is 0 Å². The molecule has 0 aromatic heterocycles. The molecule has 0 fully saturated rings. The summed E-state index contributed by atoms with van der Waals surface area (Å²) in [5.74, 6) is -1.26. The molecule has 0 heterocycles. The number of hydrogen-bond acceptors (Lipinski definition) is 6. The third-order valence-electron chi connectivity index (χ3n) is 3.02. The van der Waals surface area contributed by atoms with E-state index in [9.17, 15) is 14.4 Å². The van der Waals surface area contributed by atoms with Gasteiger partial charge >= 0.3 is 11.9 Å². The van der Waals surface area contributed by atoms with Gasteiger partial charge in [-0.1, -0.05) is 20.3 Å². The van der Waals surface area contributed by atoms with E-state index in [4.69, 9.17) is 0 Å². The number of methoxy groups -OCH3 is 2. The lowest BCUT2D eigenvalue weighted by molar-refractivity contribution is -0.147. The highest BCUT2D eigenvalue weighted by Crippen LogP contribution is 2.09. The molecule has 2 unspecified atom stereocenters. The van der Waals surface area contributed by atoms with Crippen LogP contribution in [0.5, 0.6) is 0 Å². The molecule has 7 nitrogen and oxygen atoms in total. The summed E-state index contributed by atoms with van der Waals surface area (Å²) in [6, 6.07) is -0.677. The van der Waals surface area contributed by atoms with Crippen LogP contribution < -0.4 is 5.32 Å². The second kappa shape index (κ2) is 9.30. The summed E-state index contributed by atoms with van der Waals surface area (Å²) in [7, 11) is 4.19. The molecule has 0 aromatic carbocycles. The molecule has 116 valence electrons. The monoisotopic (exact) mass is 288 g/mol. The van der Waals surface area contributed by atoms with Crippen LogP contribution in [0, 0.1) is 5.92 Å². The largest absolute Gasteiger partial charge is 0.468 e. The van der Waals surface area contributed by atoms with Crippen molar-refractivity contribution in [3.63, 3.8) is 0 Å². The number of esters is 2. The van der Waals surface area contributed by atoms with Crippen molar-refractivity contribution >= 4 is 17.8 Å². The Morgan fingerprint density at radius 3 is 2.20 bits per heavy atom. The van der Waals surface area contributed by atoms with Gasteiger partial charge in [0.15, 0.2) is 0 Å². The van der Waals surface area contributed by atoms with Crippen molar-refractivity contribution in [2.24, 2.45) is 5.92 Å². The first kappa shape index (κ1) is 18.4. The summed E-state index contributed by atoms with van der Waals surface area (Å²) in [6.45, 7) is 3.80. The number of nitrogens with zero attached hydrogens (tertiary/aromatic N) is 1. The number of rotatable bonds is 8. The molecule has 1 amide bonds. The SMILES string of the molecule is CCC(C)C(NC(=O)CN(C)CC(=O)OC)C(=O)OC. The molecule has 0 spiro atoms. The predicted octanol–water partition coefficient (Wildman–Crippen LogP) is -0.205. The fourth-order valence-electron chi connectivity index (χ4n) is 1.60. The average molecular weight is 288 g/mol. The maximum absolute atomic E-state index is 11.9. The number of ether oxygens (including phenoxy) is 2. The summed E-state index contributed by atoms with van der Waals surface area (Å²) in [5.41, 5.74) is 0. The Morgan fingerprint density at radius 1 is 1.15 bits per heavy atom. The molecule has 1 N–H and O–H groups in total. The highest BCUT2D eigenvalue weighted by Gasteiger charge is 2.26. The lowest BCUT2D eigenvalue weighted by atomic mass is 9.99. The van der Waals surface area contributed by atoms with Crippen molar-refractivity contribution in [1.29, 1.82) is 0 Å². The highest BCUT2D eigenvalue weighted by molar-refractivity contribution is 5.86. The van der Waals surface area contributed by atoms with Crippen molar-refractivity contribution in [1.82, 2.24) is 10.2 Å². The van der Waals surface area contributed by atoms with Gasteiger partial charge in [-0.3, -0.25) is 14.5 Å². The quantitative estimate of drug-likeness (QED) is 0.622. The smallest absolute Gasteiger partial charge is 0.328 e. The number of likely N-dealkylation sites (N-methyl/N-ethyl adjacent to an activating group) is 1. The fourth-order valence-corrected chi connectivity index (χ4v) is 1.60. The highest BCUT2D eigenvalue weighted by atomic mass is 16.5. The number of hydrogen-bond donors (Lipinski definition) is 1. The number of carbonyl (C=O) groups excluding carboxylic acids is 3. The van der Waals surface area contributed by atoms with Gasteiger partial charge in [0.25, 0.3) is 0 Å². The van der Waals surface area contributed by atoms with E-state index in [0.29, 0.717) is 0 Å². The average Bonchev–Trinajstić information content (AvgIpc) is 2.42. The number of nitrogens with one attached hydrogen (secondary N) is 1. The predicted molar refractivity (Wildman–Crippen MR) is 72.9 cm³/mol. The van der Waals surface area contributed by atoms with Gasteiger partial charge in [0, 0.05) is 0 Å². The molecular formula is C13H24N2O5. The van der Waals surface area contributed by atoms with Gasteiger partial charge in [0.1, 0.15) is 6.04 Å². The molecule has 0 aliphatic rings. The Balaban J connectivity index is 4.46. The lowest BCUT2D eigenvalue weighted by Crippen LogP contribution is -2.49. The van der Waals surface area contributed by atoms with E-state index in [1.807, 2.05) is 13.8 Å². The van der Waals surface area contributed by atoms with Gasteiger partial charge in [-0.05, 0) is 13.0 Å². The van der Waals surface area contributed by atoms with Crippen molar-refractivity contribution in [2.75, 3.05) is 34.4 Å². The second-order valence-electron chi connectivity index (χ2n) is 4.70. The molecule has 20 heavy (non-hydrogen) atoms.